The number of benzene rings is 2. The zero-order valence-corrected chi connectivity index (χ0v) is 14.1. The Morgan fingerprint density at radius 2 is 1.75 bits per heavy atom. The van der Waals surface area contributed by atoms with E-state index < -0.39 is 40.7 Å². The highest BCUT2D eigenvalue weighted by Gasteiger charge is 2.36. The van der Waals surface area contributed by atoms with Gasteiger partial charge in [-0.05, 0) is 30.3 Å². The van der Waals surface area contributed by atoms with Crippen molar-refractivity contribution in [2.45, 2.75) is 6.18 Å². The lowest BCUT2D eigenvalue weighted by Gasteiger charge is -2.13. The van der Waals surface area contributed by atoms with Crippen LogP contribution >= 0.6 is 0 Å². The second-order valence-corrected chi connectivity index (χ2v) is 5.78. The summed E-state index contributed by atoms with van der Waals surface area (Å²) in [7, 11) is 1.23. The fraction of sp³-hybridized carbons (Fsp3) is 0.111. The Morgan fingerprint density at radius 1 is 1.04 bits per heavy atom. The number of aromatic nitrogens is 2. The number of aryl methyl sites for hydroxylation is 1. The molecule has 0 saturated carbocycles. The second-order valence-electron chi connectivity index (χ2n) is 5.78. The molecule has 0 unspecified atom stereocenters. The lowest BCUT2D eigenvalue weighted by molar-refractivity contribution is -0.137. The van der Waals surface area contributed by atoms with Gasteiger partial charge in [-0.3, -0.25) is 9.48 Å². The quantitative estimate of drug-likeness (QED) is 0.645. The maximum absolute atomic E-state index is 14.2. The van der Waals surface area contributed by atoms with Gasteiger partial charge in [0.1, 0.15) is 17.5 Å². The van der Waals surface area contributed by atoms with E-state index in [2.05, 4.69) is 10.4 Å². The van der Waals surface area contributed by atoms with E-state index in [-0.39, 0.29) is 17.1 Å². The molecule has 1 heterocycles. The van der Waals surface area contributed by atoms with E-state index in [1.165, 1.54) is 7.05 Å². The van der Waals surface area contributed by atoms with Gasteiger partial charge < -0.3 is 5.32 Å². The maximum atomic E-state index is 14.2. The first-order chi connectivity index (χ1) is 13.1. The number of alkyl halides is 3. The number of rotatable bonds is 3. The number of hydrogen-bond acceptors (Lipinski definition) is 2. The van der Waals surface area contributed by atoms with Gasteiger partial charge in [-0.15, -0.1) is 0 Å². The molecule has 2 aromatic carbocycles. The summed E-state index contributed by atoms with van der Waals surface area (Å²) >= 11 is 0. The van der Waals surface area contributed by atoms with Crippen molar-refractivity contribution in [1.29, 1.82) is 0 Å². The summed E-state index contributed by atoms with van der Waals surface area (Å²) in [6, 6.07) is 5.87. The number of nitrogens with one attached hydrogen (secondary N) is 1. The van der Waals surface area contributed by atoms with E-state index in [1.807, 2.05) is 0 Å². The van der Waals surface area contributed by atoms with Crippen LogP contribution in [0.25, 0.3) is 11.3 Å². The average molecular weight is 399 g/mol. The third-order valence-electron chi connectivity index (χ3n) is 3.87. The second kappa shape index (κ2) is 7.02. The van der Waals surface area contributed by atoms with Gasteiger partial charge in [0.05, 0.1) is 16.9 Å². The van der Waals surface area contributed by atoms with Crippen molar-refractivity contribution in [1.82, 2.24) is 9.78 Å². The van der Waals surface area contributed by atoms with Gasteiger partial charge in [0.25, 0.3) is 5.91 Å². The Balaban J connectivity index is 2.00. The standard InChI is InChI=1S/C18H11F6N3O/c1-27-15(16-10(18(22,23)24)3-2-4-11(16)20)8-14(26-27)17(28)25-13-6-5-9(19)7-12(13)21/h2-8H,1H3,(H,25,28). The molecule has 0 radical (unpaired) electrons. The van der Waals surface area contributed by atoms with Crippen molar-refractivity contribution in [3.63, 3.8) is 0 Å². The Bertz CT molecular complexity index is 1060. The highest BCUT2D eigenvalue weighted by atomic mass is 19.4. The van der Waals surface area contributed by atoms with Gasteiger partial charge in [0.15, 0.2) is 5.69 Å². The highest BCUT2D eigenvalue weighted by Crippen LogP contribution is 2.38. The third-order valence-corrected chi connectivity index (χ3v) is 3.87. The molecular weight excluding hydrogens is 388 g/mol. The first kappa shape index (κ1) is 19.5. The predicted octanol–water partition coefficient (Wildman–Crippen LogP) is 4.78. The molecule has 0 aliphatic carbocycles. The molecule has 0 atom stereocenters. The summed E-state index contributed by atoms with van der Waals surface area (Å²) in [5.74, 6) is -4.00. The SMILES string of the molecule is Cn1nc(C(=O)Nc2ccc(F)cc2F)cc1-c1c(F)cccc1C(F)(F)F. The largest absolute Gasteiger partial charge is 0.417 e. The molecule has 28 heavy (non-hydrogen) atoms. The molecule has 1 amide bonds. The average Bonchev–Trinajstić information content (AvgIpc) is 2.98. The van der Waals surface area contributed by atoms with Crippen LogP contribution in [0.2, 0.25) is 0 Å². The molecule has 0 fully saturated rings. The molecule has 4 nitrogen and oxygen atoms in total. The van der Waals surface area contributed by atoms with Gasteiger partial charge in [-0.25, -0.2) is 13.2 Å². The van der Waals surface area contributed by atoms with E-state index in [4.69, 9.17) is 0 Å². The summed E-state index contributed by atoms with van der Waals surface area (Å²) in [6.07, 6.45) is -4.83. The van der Waals surface area contributed by atoms with Crippen molar-refractivity contribution in [2.75, 3.05) is 5.32 Å². The lowest BCUT2D eigenvalue weighted by Crippen LogP contribution is -2.14. The Hall–Kier alpha value is -3.30. The van der Waals surface area contributed by atoms with E-state index in [0.717, 1.165) is 35.0 Å². The molecule has 1 N–H and O–H groups in total. The van der Waals surface area contributed by atoms with Crippen LogP contribution < -0.4 is 5.32 Å². The normalized spacial score (nSPS) is 11.5. The summed E-state index contributed by atoms with van der Waals surface area (Å²) in [4.78, 5) is 12.3. The van der Waals surface area contributed by atoms with Crippen molar-refractivity contribution in [2.24, 2.45) is 7.05 Å². The minimum atomic E-state index is -4.83. The van der Waals surface area contributed by atoms with E-state index in [1.54, 1.807) is 0 Å². The molecule has 0 aliphatic heterocycles. The van der Waals surface area contributed by atoms with Gasteiger partial charge >= 0.3 is 6.18 Å². The van der Waals surface area contributed by atoms with Crippen LogP contribution in [0.3, 0.4) is 0 Å². The maximum Gasteiger partial charge on any atom is 0.417 e. The molecular formula is C18H11F6N3O. The van der Waals surface area contributed by atoms with Crippen LogP contribution in [0.4, 0.5) is 32.0 Å². The number of anilines is 1. The molecule has 0 aliphatic rings. The fourth-order valence-electron chi connectivity index (χ4n) is 2.61. The molecule has 1 aromatic heterocycles. The topological polar surface area (TPSA) is 46.9 Å². The summed E-state index contributed by atoms with van der Waals surface area (Å²) in [5, 5.41) is 5.90. The smallest absolute Gasteiger partial charge is 0.318 e. The van der Waals surface area contributed by atoms with Gasteiger partial charge in [0, 0.05) is 18.7 Å². The van der Waals surface area contributed by atoms with Gasteiger partial charge in [0.2, 0.25) is 0 Å². The summed E-state index contributed by atoms with van der Waals surface area (Å²) in [5.41, 5.74) is -3.02. The zero-order valence-electron chi connectivity index (χ0n) is 14.1. The van der Waals surface area contributed by atoms with Gasteiger partial charge in [-0.1, -0.05) is 6.07 Å². The summed E-state index contributed by atoms with van der Waals surface area (Å²) in [6.45, 7) is 0. The summed E-state index contributed by atoms with van der Waals surface area (Å²) < 4.78 is 81.3. The first-order valence-electron chi connectivity index (χ1n) is 7.74. The molecule has 3 aromatic rings. The molecule has 3 rings (SSSR count). The van der Waals surface area contributed by atoms with Crippen molar-refractivity contribution < 1.29 is 31.1 Å². The Kier molecular flexibility index (Phi) is 4.88. The van der Waals surface area contributed by atoms with Crippen LogP contribution in [0.1, 0.15) is 16.1 Å². The number of halogens is 6. The molecule has 10 heteroatoms. The minimum absolute atomic E-state index is 0.296. The molecule has 146 valence electrons. The van der Waals surface area contributed by atoms with Crippen molar-refractivity contribution >= 4 is 11.6 Å². The highest BCUT2D eigenvalue weighted by molar-refractivity contribution is 6.03. The van der Waals surface area contributed by atoms with Crippen LogP contribution in [0.15, 0.2) is 42.5 Å². The van der Waals surface area contributed by atoms with Crippen LogP contribution in [0, 0.1) is 17.5 Å². The number of carbonyl (C=O) groups is 1. The fourth-order valence-corrected chi connectivity index (χ4v) is 2.61. The van der Waals surface area contributed by atoms with Crippen LogP contribution in [-0.2, 0) is 13.2 Å². The number of nitrogens with zero attached hydrogens (tertiary/aromatic N) is 2. The molecule has 0 spiro atoms. The molecule has 0 bridgehead atoms. The predicted molar refractivity (Wildman–Crippen MR) is 87.9 cm³/mol. The minimum Gasteiger partial charge on any atom is -0.318 e. The number of hydrogen-bond donors (Lipinski definition) is 1. The zero-order chi connectivity index (χ0) is 20.6. The van der Waals surface area contributed by atoms with Crippen LogP contribution in [-0.4, -0.2) is 15.7 Å². The first-order valence-corrected chi connectivity index (χ1v) is 7.74. The lowest BCUT2D eigenvalue weighted by atomic mass is 10.0. The molecule has 0 saturated heterocycles. The number of carbonyl (C=O) groups excluding carboxylic acids is 1. The Morgan fingerprint density at radius 3 is 2.39 bits per heavy atom. The van der Waals surface area contributed by atoms with Crippen molar-refractivity contribution in [3.05, 3.63) is 71.2 Å². The van der Waals surface area contributed by atoms with Crippen molar-refractivity contribution in [3.8, 4) is 11.3 Å². The van der Waals surface area contributed by atoms with E-state index in [9.17, 15) is 31.1 Å². The van der Waals surface area contributed by atoms with Gasteiger partial charge in [-0.2, -0.15) is 18.3 Å². The third kappa shape index (κ3) is 3.71. The Labute approximate surface area is 154 Å². The number of amides is 1. The van der Waals surface area contributed by atoms with E-state index in [0.29, 0.717) is 12.1 Å². The van der Waals surface area contributed by atoms with Crippen LogP contribution in [0.5, 0.6) is 0 Å². The monoisotopic (exact) mass is 399 g/mol. The van der Waals surface area contributed by atoms with E-state index >= 15 is 0 Å².